The highest BCUT2D eigenvalue weighted by Gasteiger charge is 2.22. The third-order valence-electron chi connectivity index (χ3n) is 4.78. The van der Waals surface area contributed by atoms with Crippen LogP contribution >= 0.6 is 0 Å². The van der Waals surface area contributed by atoms with Gasteiger partial charge in [0, 0.05) is 18.5 Å². The molecule has 2 amide bonds. The van der Waals surface area contributed by atoms with Crippen LogP contribution < -0.4 is 10.6 Å². The van der Waals surface area contributed by atoms with Crippen molar-refractivity contribution in [3.05, 3.63) is 48.0 Å². The first-order valence-corrected chi connectivity index (χ1v) is 10.5. The Kier molecular flexibility index (Phi) is 9.96. The fourth-order valence-electron chi connectivity index (χ4n) is 3.13. The molecule has 0 unspecified atom stereocenters. The van der Waals surface area contributed by atoms with Gasteiger partial charge in [-0.1, -0.05) is 43.7 Å². The maximum Gasteiger partial charge on any atom is 0.410 e. The first-order chi connectivity index (χ1) is 15.4. The number of carboxylic acid groups (broad SMARTS) is 1. The van der Waals surface area contributed by atoms with E-state index >= 15 is 0 Å². The van der Waals surface area contributed by atoms with Gasteiger partial charge in [0.25, 0.3) is 12.4 Å². The monoisotopic (exact) mass is 444 g/mol. The van der Waals surface area contributed by atoms with Gasteiger partial charge in [-0.15, -0.1) is 0 Å². The Labute approximate surface area is 186 Å². The van der Waals surface area contributed by atoms with E-state index < -0.39 is 24.4 Å². The molecule has 2 rings (SSSR count). The summed E-state index contributed by atoms with van der Waals surface area (Å²) >= 11 is 0. The number of fused-ring (bicyclic) bond motifs is 1. The Balaban J connectivity index is 1.74. The summed E-state index contributed by atoms with van der Waals surface area (Å²) in [7, 11) is 0. The van der Waals surface area contributed by atoms with Gasteiger partial charge in [0.15, 0.2) is 0 Å². The summed E-state index contributed by atoms with van der Waals surface area (Å²) in [5.74, 6) is -1.36. The molecule has 0 aliphatic carbocycles. The molecule has 2 aromatic rings. The zero-order valence-corrected chi connectivity index (χ0v) is 17.9. The average Bonchev–Trinajstić information content (AvgIpc) is 2.78. The summed E-state index contributed by atoms with van der Waals surface area (Å²) in [5.41, 5.74) is 0.561. The smallest absolute Gasteiger partial charge is 0.410 e. The van der Waals surface area contributed by atoms with Crippen LogP contribution in [0.3, 0.4) is 0 Å². The van der Waals surface area contributed by atoms with Gasteiger partial charge in [0.2, 0.25) is 6.29 Å². The molecule has 32 heavy (non-hydrogen) atoms. The molecule has 0 aliphatic heterocycles. The normalized spacial score (nSPS) is 12.4. The van der Waals surface area contributed by atoms with Crippen LogP contribution in [0.1, 0.15) is 49.4 Å². The SMILES string of the molecule is CCC[C@H](NC(=O)O[C@@H](CCCCNC(=O)c1ccc2ccccc2c1)OC=O)C(=O)O. The number of unbranched alkanes of at least 4 members (excludes halogenated alkanes) is 1. The van der Waals surface area contributed by atoms with Gasteiger partial charge in [-0.2, -0.15) is 0 Å². The van der Waals surface area contributed by atoms with Gasteiger partial charge in [-0.25, -0.2) is 9.59 Å². The first kappa shape index (κ1) is 24.6. The molecule has 172 valence electrons. The van der Waals surface area contributed by atoms with Crippen LogP contribution in [0, 0.1) is 0 Å². The lowest BCUT2D eigenvalue weighted by Crippen LogP contribution is -2.42. The third-order valence-corrected chi connectivity index (χ3v) is 4.78. The average molecular weight is 444 g/mol. The van der Waals surface area contributed by atoms with Crippen LogP contribution in [-0.2, 0) is 19.1 Å². The Morgan fingerprint density at radius 2 is 1.81 bits per heavy atom. The summed E-state index contributed by atoms with van der Waals surface area (Å²) in [6, 6.07) is 12.2. The highest BCUT2D eigenvalue weighted by Crippen LogP contribution is 2.15. The maximum atomic E-state index is 12.3. The Morgan fingerprint density at radius 3 is 2.50 bits per heavy atom. The maximum absolute atomic E-state index is 12.3. The van der Waals surface area contributed by atoms with Gasteiger partial charge in [0.1, 0.15) is 6.04 Å². The van der Waals surface area contributed by atoms with Crippen molar-refractivity contribution in [3.63, 3.8) is 0 Å². The molecule has 3 N–H and O–H groups in total. The highest BCUT2D eigenvalue weighted by molar-refractivity contribution is 5.98. The molecule has 0 saturated heterocycles. The standard InChI is InChI=1S/C23H28N2O7/c1-2-7-19(22(28)29)25-23(30)32-20(31-15-26)10-5-6-13-24-21(27)18-12-11-16-8-3-4-9-17(16)14-18/h3-4,8-9,11-12,14-15,19-20H,2,5-7,10,13H2,1H3,(H,24,27)(H,25,30)(H,28,29)/t19-,20-/m0/s1. The minimum Gasteiger partial charge on any atom is -0.480 e. The molecule has 0 heterocycles. The van der Waals surface area contributed by atoms with E-state index in [4.69, 9.17) is 14.6 Å². The molecule has 2 atom stereocenters. The summed E-state index contributed by atoms with van der Waals surface area (Å²) in [6.45, 7) is 2.35. The van der Waals surface area contributed by atoms with Crippen molar-refractivity contribution in [3.8, 4) is 0 Å². The van der Waals surface area contributed by atoms with E-state index in [1.54, 1.807) is 13.0 Å². The van der Waals surface area contributed by atoms with Gasteiger partial charge >= 0.3 is 12.1 Å². The molecule has 2 aromatic carbocycles. The molecule has 0 aliphatic rings. The molecule has 0 bridgehead atoms. The number of rotatable bonds is 13. The molecule has 0 fully saturated rings. The number of nitrogens with one attached hydrogen (secondary N) is 2. The van der Waals surface area contributed by atoms with Crippen molar-refractivity contribution in [1.29, 1.82) is 0 Å². The van der Waals surface area contributed by atoms with E-state index in [0.29, 0.717) is 31.4 Å². The molecule has 9 nitrogen and oxygen atoms in total. The summed E-state index contributed by atoms with van der Waals surface area (Å²) in [4.78, 5) is 46.0. The van der Waals surface area contributed by atoms with E-state index in [0.717, 1.165) is 10.8 Å². The molecule has 0 spiro atoms. The number of benzene rings is 2. The van der Waals surface area contributed by atoms with Crippen molar-refractivity contribution < 1.29 is 33.8 Å². The Morgan fingerprint density at radius 1 is 1.06 bits per heavy atom. The van der Waals surface area contributed by atoms with Gasteiger partial charge in [-0.3, -0.25) is 9.59 Å². The minimum absolute atomic E-state index is 0.167. The van der Waals surface area contributed by atoms with Crippen molar-refractivity contribution in [1.82, 2.24) is 10.6 Å². The molecular formula is C23H28N2O7. The van der Waals surface area contributed by atoms with Crippen LogP contribution in [0.5, 0.6) is 0 Å². The summed E-state index contributed by atoms with van der Waals surface area (Å²) in [5, 5.41) is 16.2. The fraction of sp³-hybridized carbons (Fsp3) is 0.391. The lowest BCUT2D eigenvalue weighted by atomic mass is 10.1. The Bertz CT molecular complexity index is 931. The quantitative estimate of drug-likeness (QED) is 0.246. The van der Waals surface area contributed by atoms with Crippen LogP contribution in [0.15, 0.2) is 42.5 Å². The number of hydrogen-bond donors (Lipinski definition) is 3. The zero-order valence-electron chi connectivity index (χ0n) is 17.9. The number of hydrogen-bond acceptors (Lipinski definition) is 6. The van der Waals surface area contributed by atoms with Crippen LogP contribution in [0.4, 0.5) is 4.79 Å². The van der Waals surface area contributed by atoms with Crippen LogP contribution in [0.2, 0.25) is 0 Å². The second-order valence-electron chi connectivity index (χ2n) is 7.20. The molecule has 0 radical (unpaired) electrons. The van der Waals surface area contributed by atoms with Gasteiger partial charge in [-0.05, 0) is 42.2 Å². The van der Waals surface area contributed by atoms with E-state index in [9.17, 15) is 19.2 Å². The van der Waals surface area contributed by atoms with E-state index in [1.165, 1.54) is 0 Å². The number of amides is 2. The molecule has 0 saturated carbocycles. The van der Waals surface area contributed by atoms with Crippen molar-refractivity contribution >= 4 is 35.2 Å². The van der Waals surface area contributed by atoms with Gasteiger partial charge in [0.05, 0.1) is 0 Å². The van der Waals surface area contributed by atoms with Crippen molar-refractivity contribution in [2.45, 2.75) is 51.4 Å². The van der Waals surface area contributed by atoms with E-state index in [-0.39, 0.29) is 25.2 Å². The second kappa shape index (κ2) is 12.9. The lowest BCUT2D eigenvalue weighted by Gasteiger charge is -2.18. The van der Waals surface area contributed by atoms with E-state index in [2.05, 4.69) is 10.6 Å². The number of carbonyl (C=O) groups excluding carboxylic acids is 3. The highest BCUT2D eigenvalue weighted by atomic mass is 16.7. The largest absolute Gasteiger partial charge is 0.480 e. The van der Waals surface area contributed by atoms with E-state index in [1.807, 2.05) is 36.4 Å². The van der Waals surface area contributed by atoms with Crippen molar-refractivity contribution in [2.75, 3.05) is 6.54 Å². The molecule has 0 aromatic heterocycles. The predicted molar refractivity (Wildman–Crippen MR) is 117 cm³/mol. The summed E-state index contributed by atoms with van der Waals surface area (Å²) in [6.07, 6.45) is -0.0137. The second-order valence-corrected chi connectivity index (χ2v) is 7.20. The topological polar surface area (TPSA) is 131 Å². The third kappa shape index (κ3) is 7.90. The van der Waals surface area contributed by atoms with Gasteiger partial charge < -0.3 is 25.2 Å². The fourth-order valence-corrected chi connectivity index (χ4v) is 3.13. The number of carbonyl (C=O) groups is 4. The van der Waals surface area contributed by atoms with Crippen LogP contribution in [0.25, 0.3) is 10.8 Å². The summed E-state index contributed by atoms with van der Waals surface area (Å²) < 4.78 is 9.76. The first-order valence-electron chi connectivity index (χ1n) is 10.5. The Hall–Kier alpha value is -3.62. The van der Waals surface area contributed by atoms with Crippen molar-refractivity contribution in [2.24, 2.45) is 0 Å². The predicted octanol–water partition coefficient (Wildman–Crippen LogP) is 3.22. The zero-order chi connectivity index (χ0) is 23.3. The molecular weight excluding hydrogens is 416 g/mol. The number of carboxylic acids is 1. The molecule has 9 heteroatoms. The number of ether oxygens (including phenoxy) is 2. The lowest BCUT2D eigenvalue weighted by molar-refractivity contribution is -0.154. The number of alkyl carbamates (subject to hydrolysis) is 1. The number of aliphatic carboxylic acids is 1. The van der Waals surface area contributed by atoms with Crippen LogP contribution in [-0.4, -0.2) is 48.4 Å². The minimum atomic E-state index is -1.17.